The summed E-state index contributed by atoms with van der Waals surface area (Å²) in [5.41, 5.74) is 0.329. The van der Waals surface area contributed by atoms with Crippen LogP contribution >= 0.6 is 0 Å². The topological polar surface area (TPSA) is 83.4 Å². The molecular weight excluding hydrogens is 434 g/mol. The molecule has 4 rings (SSSR count). The third-order valence-corrected chi connectivity index (χ3v) is 6.26. The molecule has 0 amide bonds. The molecule has 1 aromatic heterocycles. The van der Waals surface area contributed by atoms with Crippen molar-refractivity contribution in [2.45, 2.75) is 25.5 Å². The minimum absolute atomic E-state index is 0.529. The molecule has 1 unspecified atom stereocenters. The Labute approximate surface area is 202 Å². The molecule has 2 aromatic rings. The molecule has 186 valence electrons. The maximum absolute atomic E-state index is 11.2. The van der Waals surface area contributed by atoms with Gasteiger partial charge in [-0.2, -0.15) is 0 Å². The summed E-state index contributed by atoms with van der Waals surface area (Å²) in [6.07, 6.45) is 4.16. The van der Waals surface area contributed by atoms with E-state index in [0.717, 1.165) is 56.5 Å². The van der Waals surface area contributed by atoms with Gasteiger partial charge in [0.1, 0.15) is 6.61 Å². The minimum Gasteiger partial charge on any atom is -0.490 e. The van der Waals surface area contributed by atoms with Crippen LogP contribution < -0.4 is 14.4 Å². The third kappa shape index (κ3) is 6.79. The third-order valence-electron chi connectivity index (χ3n) is 6.26. The van der Waals surface area contributed by atoms with Crippen molar-refractivity contribution in [2.24, 2.45) is 0 Å². The second-order valence-electron chi connectivity index (χ2n) is 9.13. The monoisotopic (exact) mass is 471 g/mol. The van der Waals surface area contributed by atoms with Crippen LogP contribution in [0.4, 0.5) is 5.95 Å². The van der Waals surface area contributed by atoms with Crippen molar-refractivity contribution in [2.75, 3.05) is 77.6 Å². The first kappa shape index (κ1) is 24.7. The molecule has 9 heteroatoms. The zero-order valence-electron chi connectivity index (χ0n) is 20.4. The van der Waals surface area contributed by atoms with Crippen LogP contribution in [0.2, 0.25) is 0 Å². The molecular formula is C25H37N5O4. The number of aromatic nitrogens is 2. The SMILES string of the molecule is CCOc1cc(CN(C)CC2(O)CCN(c3ncccn3)C2)ccc1OCCN1CCOCC1. The number of aliphatic hydroxyl groups is 1. The fraction of sp³-hybridized carbons (Fsp3) is 0.600. The Balaban J connectivity index is 1.30. The Kier molecular flexibility index (Phi) is 8.55. The van der Waals surface area contributed by atoms with E-state index >= 15 is 0 Å². The number of nitrogens with zero attached hydrogens (tertiary/aromatic N) is 5. The summed E-state index contributed by atoms with van der Waals surface area (Å²) < 4.78 is 17.3. The summed E-state index contributed by atoms with van der Waals surface area (Å²) >= 11 is 0. The van der Waals surface area contributed by atoms with E-state index in [4.69, 9.17) is 14.2 Å². The number of morpholine rings is 1. The molecule has 1 aromatic carbocycles. The van der Waals surface area contributed by atoms with Crippen LogP contribution in [-0.2, 0) is 11.3 Å². The quantitative estimate of drug-likeness (QED) is 0.526. The average Bonchev–Trinajstić information content (AvgIpc) is 3.23. The number of ether oxygens (including phenoxy) is 3. The lowest BCUT2D eigenvalue weighted by atomic mass is 10.0. The van der Waals surface area contributed by atoms with E-state index in [1.165, 1.54) is 0 Å². The van der Waals surface area contributed by atoms with Crippen LogP contribution in [-0.4, -0.2) is 103 Å². The van der Waals surface area contributed by atoms with E-state index in [1.807, 2.05) is 31.0 Å². The summed E-state index contributed by atoms with van der Waals surface area (Å²) in [7, 11) is 2.03. The van der Waals surface area contributed by atoms with Gasteiger partial charge >= 0.3 is 0 Å². The zero-order valence-corrected chi connectivity index (χ0v) is 20.4. The lowest BCUT2D eigenvalue weighted by Gasteiger charge is -2.29. The van der Waals surface area contributed by atoms with Crippen molar-refractivity contribution in [3.05, 3.63) is 42.2 Å². The van der Waals surface area contributed by atoms with Crippen molar-refractivity contribution in [3.63, 3.8) is 0 Å². The van der Waals surface area contributed by atoms with Crippen molar-refractivity contribution in [3.8, 4) is 11.5 Å². The standard InChI is InChI=1S/C25H37N5O4/c1-3-33-23-17-21(5-6-22(23)34-16-13-29-11-14-32-15-12-29)18-28(2)19-25(31)7-10-30(20-25)24-26-8-4-9-27-24/h4-6,8-9,17,31H,3,7,10-16,18-20H2,1-2H3. The maximum atomic E-state index is 11.2. The Hall–Kier alpha value is -2.46. The molecule has 2 aliphatic heterocycles. The van der Waals surface area contributed by atoms with E-state index in [9.17, 15) is 5.11 Å². The van der Waals surface area contributed by atoms with Crippen molar-refractivity contribution in [1.82, 2.24) is 19.8 Å². The molecule has 0 saturated carbocycles. The molecule has 2 aliphatic rings. The second-order valence-corrected chi connectivity index (χ2v) is 9.13. The number of hydrogen-bond donors (Lipinski definition) is 1. The molecule has 1 N–H and O–H groups in total. The van der Waals surface area contributed by atoms with Crippen molar-refractivity contribution < 1.29 is 19.3 Å². The smallest absolute Gasteiger partial charge is 0.225 e. The first-order valence-corrected chi connectivity index (χ1v) is 12.2. The Morgan fingerprint density at radius 1 is 1.12 bits per heavy atom. The van der Waals surface area contributed by atoms with E-state index in [1.54, 1.807) is 18.5 Å². The molecule has 2 saturated heterocycles. The van der Waals surface area contributed by atoms with Crippen LogP contribution in [0.15, 0.2) is 36.7 Å². The summed E-state index contributed by atoms with van der Waals surface area (Å²) in [5, 5.41) is 11.2. The lowest BCUT2D eigenvalue weighted by Crippen LogP contribution is -2.43. The largest absolute Gasteiger partial charge is 0.490 e. The number of benzene rings is 1. The van der Waals surface area contributed by atoms with Gasteiger partial charge in [0.15, 0.2) is 11.5 Å². The molecule has 0 spiro atoms. The van der Waals surface area contributed by atoms with Gasteiger partial charge in [0, 0.05) is 51.7 Å². The average molecular weight is 472 g/mol. The molecule has 0 bridgehead atoms. The van der Waals surface area contributed by atoms with Gasteiger partial charge in [-0.25, -0.2) is 9.97 Å². The van der Waals surface area contributed by atoms with Gasteiger partial charge in [-0.05, 0) is 44.2 Å². The highest BCUT2D eigenvalue weighted by Gasteiger charge is 2.38. The summed E-state index contributed by atoms with van der Waals surface area (Å²) in [6, 6.07) is 7.92. The van der Waals surface area contributed by atoms with Crippen molar-refractivity contribution in [1.29, 1.82) is 0 Å². The Morgan fingerprint density at radius 2 is 1.91 bits per heavy atom. The number of anilines is 1. The van der Waals surface area contributed by atoms with Gasteiger partial charge in [-0.1, -0.05) is 6.07 Å². The van der Waals surface area contributed by atoms with Crippen molar-refractivity contribution >= 4 is 5.95 Å². The number of β-amino-alcohol motifs (C(OH)–C–C–N with tert-alkyl or cyclic N) is 1. The maximum Gasteiger partial charge on any atom is 0.225 e. The normalized spacial score (nSPS) is 21.2. The van der Waals surface area contributed by atoms with Crippen LogP contribution in [0.25, 0.3) is 0 Å². The molecule has 0 radical (unpaired) electrons. The van der Waals surface area contributed by atoms with Gasteiger partial charge in [-0.3, -0.25) is 9.80 Å². The van der Waals surface area contributed by atoms with E-state index in [2.05, 4.69) is 25.8 Å². The lowest BCUT2D eigenvalue weighted by molar-refractivity contribution is 0.0278. The zero-order chi connectivity index (χ0) is 23.8. The van der Waals surface area contributed by atoms with E-state index in [-0.39, 0.29) is 0 Å². The van der Waals surface area contributed by atoms with Crippen LogP contribution in [0, 0.1) is 0 Å². The fourth-order valence-corrected chi connectivity index (χ4v) is 4.63. The van der Waals surface area contributed by atoms with E-state index < -0.39 is 5.60 Å². The Morgan fingerprint density at radius 3 is 2.68 bits per heavy atom. The van der Waals surface area contributed by atoms with E-state index in [0.29, 0.717) is 45.2 Å². The number of likely N-dealkylation sites (N-methyl/N-ethyl adjacent to an activating group) is 1. The fourth-order valence-electron chi connectivity index (χ4n) is 4.63. The van der Waals surface area contributed by atoms with Gasteiger partial charge < -0.3 is 24.2 Å². The molecule has 2 fully saturated rings. The number of rotatable bonds is 11. The second kappa shape index (κ2) is 11.8. The molecule has 3 heterocycles. The van der Waals surface area contributed by atoms with Crippen LogP contribution in [0.3, 0.4) is 0 Å². The van der Waals surface area contributed by atoms with Gasteiger partial charge in [0.05, 0.1) is 32.0 Å². The Bertz CT molecular complexity index is 896. The predicted octanol–water partition coefficient (Wildman–Crippen LogP) is 1.66. The molecule has 0 aliphatic carbocycles. The number of hydrogen-bond acceptors (Lipinski definition) is 9. The van der Waals surface area contributed by atoms with Gasteiger partial charge in [-0.15, -0.1) is 0 Å². The highest BCUT2D eigenvalue weighted by Crippen LogP contribution is 2.30. The predicted molar refractivity (Wildman–Crippen MR) is 131 cm³/mol. The van der Waals surface area contributed by atoms with Gasteiger partial charge in [0.25, 0.3) is 0 Å². The minimum atomic E-state index is -0.792. The summed E-state index contributed by atoms with van der Waals surface area (Å²) in [6.45, 7) is 10.1. The van der Waals surface area contributed by atoms with Gasteiger partial charge in [0.2, 0.25) is 5.95 Å². The first-order chi connectivity index (χ1) is 16.5. The summed E-state index contributed by atoms with van der Waals surface area (Å²) in [4.78, 5) is 15.2. The highest BCUT2D eigenvalue weighted by molar-refractivity contribution is 5.43. The summed E-state index contributed by atoms with van der Waals surface area (Å²) in [5.74, 6) is 2.21. The molecule has 34 heavy (non-hydrogen) atoms. The van der Waals surface area contributed by atoms with Crippen LogP contribution in [0.5, 0.6) is 11.5 Å². The molecule has 9 nitrogen and oxygen atoms in total. The molecule has 1 atom stereocenters. The highest BCUT2D eigenvalue weighted by atomic mass is 16.5. The first-order valence-electron chi connectivity index (χ1n) is 12.2. The van der Waals surface area contributed by atoms with Crippen LogP contribution in [0.1, 0.15) is 18.9 Å².